The summed E-state index contributed by atoms with van der Waals surface area (Å²) in [6.45, 7) is 1.49. The zero-order valence-corrected chi connectivity index (χ0v) is 17.9. The van der Waals surface area contributed by atoms with Gasteiger partial charge in [0.05, 0.1) is 16.0 Å². The van der Waals surface area contributed by atoms with Gasteiger partial charge < -0.3 is 9.88 Å². The first-order valence-corrected chi connectivity index (χ1v) is 11.4. The number of nitrogens with zero attached hydrogens (tertiary/aromatic N) is 3. The topological polar surface area (TPSA) is 61.9 Å². The molecule has 0 unspecified atom stereocenters. The highest BCUT2D eigenvalue weighted by molar-refractivity contribution is 7.09. The SMILES string of the molecule is O=C(c1csc(Cc2ccc(F)cc2)n1)N1CCC(Cc2nc3ccccc3[nH]2)CC1. The Hall–Kier alpha value is -3.06. The average Bonchev–Trinajstić information content (AvgIpc) is 3.42. The number of amides is 1. The van der Waals surface area contributed by atoms with Crippen molar-refractivity contribution in [2.45, 2.75) is 25.7 Å². The number of halogens is 1. The predicted molar refractivity (Wildman–Crippen MR) is 120 cm³/mol. The van der Waals surface area contributed by atoms with Crippen LogP contribution in [0.5, 0.6) is 0 Å². The molecule has 1 N–H and O–H groups in total. The number of likely N-dealkylation sites (tertiary alicyclic amines) is 1. The van der Waals surface area contributed by atoms with Crippen molar-refractivity contribution in [2.75, 3.05) is 13.1 Å². The number of imidazole rings is 1. The predicted octanol–water partition coefficient (Wildman–Crippen LogP) is 4.84. The summed E-state index contributed by atoms with van der Waals surface area (Å²) in [7, 11) is 0. The summed E-state index contributed by atoms with van der Waals surface area (Å²) in [6.07, 6.45) is 3.46. The fourth-order valence-corrected chi connectivity index (χ4v) is 4.95. The maximum absolute atomic E-state index is 13.1. The van der Waals surface area contributed by atoms with Gasteiger partial charge in [0, 0.05) is 31.3 Å². The number of H-pyrrole nitrogens is 1. The number of aromatic amines is 1. The Kier molecular flexibility index (Phi) is 5.51. The molecule has 31 heavy (non-hydrogen) atoms. The monoisotopic (exact) mass is 434 g/mol. The van der Waals surface area contributed by atoms with E-state index in [0.29, 0.717) is 18.0 Å². The highest BCUT2D eigenvalue weighted by Gasteiger charge is 2.26. The number of nitrogens with one attached hydrogen (secondary N) is 1. The van der Waals surface area contributed by atoms with Crippen LogP contribution in [0.4, 0.5) is 4.39 Å². The molecule has 1 amide bonds. The molecule has 1 aliphatic heterocycles. The minimum atomic E-state index is -0.248. The molecule has 1 aliphatic rings. The molecular weight excluding hydrogens is 411 g/mol. The smallest absolute Gasteiger partial charge is 0.273 e. The van der Waals surface area contributed by atoms with Gasteiger partial charge in [-0.2, -0.15) is 0 Å². The Bertz CT molecular complexity index is 1160. The van der Waals surface area contributed by atoms with E-state index < -0.39 is 0 Å². The largest absolute Gasteiger partial charge is 0.342 e. The molecule has 7 heteroatoms. The summed E-state index contributed by atoms with van der Waals surface area (Å²) < 4.78 is 13.1. The molecule has 2 aromatic heterocycles. The maximum Gasteiger partial charge on any atom is 0.273 e. The van der Waals surface area contributed by atoms with Crippen molar-refractivity contribution in [1.82, 2.24) is 19.9 Å². The van der Waals surface area contributed by atoms with Crippen LogP contribution in [-0.4, -0.2) is 38.8 Å². The summed E-state index contributed by atoms with van der Waals surface area (Å²) in [6, 6.07) is 14.5. The van der Waals surface area contributed by atoms with E-state index in [4.69, 9.17) is 0 Å². The quantitative estimate of drug-likeness (QED) is 0.489. The second-order valence-corrected chi connectivity index (χ2v) is 9.01. The number of benzene rings is 2. The molecule has 0 atom stereocenters. The van der Waals surface area contributed by atoms with Gasteiger partial charge in [-0.25, -0.2) is 14.4 Å². The van der Waals surface area contributed by atoms with Crippen LogP contribution in [0.25, 0.3) is 11.0 Å². The van der Waals surface area contributed by atoms with Gasteiger partial charge in [-0.05, 0) is 48.6 Å². The maximum atomic E-state index is 13.1. The number of rotatable bonds is 5. The molecule has 3 heterocycles. The number of carbonyl (C=O) groups excluding carboxylic acids is 1. The third-order valence-electron chi connectivity index (χ3n) is 5.86. The Morgan fingerprint density at radius 1 is 1.10 bits per heavy atom. The van der Waals surface area contributed by atoms with Crippen molar-refractivity contribution in [3.05, 3.63) is 81.8 Å². The molecule has 0 aliphatic carbocycles. The van der Waals surface area contributed by atoms with Gasteiger partial charge in [0.2, 0.25) is 0 Å². The molecule has 5 nitrogen and oxygen atoms in total. The molecule has 1 fully saturated rings. The van der Waals surface area contributed by atoms with Gasteiger partial charge in [-0.1, -0.05) is 24.3 Å². The van der Waals surface area contributed by atoms with Crippen molar-refractivity contribution in [3.63, 3.8) is 0 Å². The normalized spacial score (nSPS) is 14.9. The highest BCUT2D eigenvalue weighted by atomic mass is 32.1. The summed E-state index contributed by atoms with van der Waals surface area (Å²) in [5.41, 5.74) is 3.58. The van der Waals surface area contributed by atoms with E-state index in [1.165, 1.54) is 23.5 Å². The Balaban J connectivity index is 1.16. The molecule has 0 radical (unpaired) electrons. The Labute approximate surface area is 184 Å². The fraction of sp³-hybridized carbons (Fsp3) is 0.292. The van der Waals surface area contributed by atoms with Crippen LogP contribution in [0, 0.1) is 11.7 Å². The van der Waals surface area contributed by atoms with Crippen LogP contribution < -0.4 is 0 Å². The third kappa shape index (κ3) is 4.51. The Morgan fingerprint density at radius 2 is 1.87 bits per heavy atom. The minimum absolute atomic E-state index is 0.00351. The summed E-state index contributed by atoms with van der Waals surface area (Å²) >= 11 is 1.48. The number of aromatic nitrogens is 3. The lowest BCUT2D eigenvalue weighted by Gasteiger charge is -2.31. The molecule has 4 aromatic rings. The van der Waals surface area contributed by atoms with E-state index >= 15 is 0 Å². The second-order valence-electron chi connectivity index (χ2n) is 8.07. The van der Waals surface area contributed by atoms with Gasteiger partial charge in [-0.3, -0.25) is 4.79 Å². The van der Waals surface area contributed by atoms with Gasteiger partial charge in [-0.15, -0.1) is 11.3 Å². The number of hydrogen-bond acceptors (Lipinski definition) is 4. The van der Waals surface area contributed by atoms with Crippen molar-refractivity contribution in [3.8, 4) is 0 Å². The van der Waals surface area contributed by atoms with E-state index in [1.54, 1.807) is 12.1 Å². The average molecular weight is 435 g/mol. The van der Waals surface area contributed by atoms with Crippen LogP contribution in [0.1, 0.15) is 39.7 Å². The molecule has 0 spiro atoms. The minimum Gasteiger partial charge on any atom is -0.342 e. The molecule has 0 saturated carbocycles. The lowest BCUT2D eigenvalue weighted by Crippen LogP contribution is -2.39. The van der Waals surface area contributed by atoms with Crippen LogP contribution in [-0.2, 0) is 12.8 Å². The van der Waals surface area contributed by atoms with Crippen LogP contribution in [0.15, 0.2) is 53.9 Å². The van der Waals surface area contributed by atoms with Crippen molar-refractivity contribution in [2.24, 2.45) is 5.92 Å². The van der Waals surface area contributed by atoms with Gasteiger partial charge in [0.15, 0.2) is 0 Å². The molecule has 2 aromatic carbocycles. The highest BCUT2D eigenvalue weighted by Crippen LogP contribution is 2.24. The van der Waals surface area contributed by atoms with Crippen LogP contribution in [0.3, 0.4) is 0 Å². The summed E-state index contributed by atoms with van der Waals surface area (Å²) in [5.74, 6) is 1.30. The first-order valence-electron chi connectivity index (χ1n) is 10.6. The molecule has 0 bridgehead atoms. The number of carbonyl (C=O) groups is 1. The van der Waals surface area contributed by atoms with E-state index in [0.717, 1.165) is 59.8 Å². The second kappa shape index (κ2) is 8.59. The molecule has 5 rings (SSSR count). The lowest BCUT2D eigenvalue weighted by molar-refractivity contribution is 0.0684. The number of thiazole rings is 1. The van der Waals surface area contributed by atoms with E-state index in [2.05, 4.69) is 15.0 Å². The van der Waals surface area contributed by atoms with Crippen molar-refractivity contribution in [1.29, 1.82) is 0 Å². The first-order chi connectivity index (χ1) is 15.1. The van der Waals surface area contributed by atoms with E-state index in [1.807, 2.05) is 34.5 Å². The number of piperidine rings is 1. The number of hydrogen-bond donors (Lipinski definition) is 1. The molecule has 1 saturated heterocycles. The standard InChI is InChI=1S/C24H23FN4OS/c25-18-7-5-16(6-8-18)14-23-28-21(15-31-23)24(30)29-11-9-17(10-12-29)13-22-26-19-3-1-2-4-20(19)27-22/h1-8,15,17H,9-14H2,(H,26,27). The Morgan fingerprint density at radius 3 is 2.65 bits per heavy atom. The van der Waals surface area contributed by atoms with Crippen molar-refractivity contribution >= 4 is 28.3 Å². The van der Waals surface area contributed by atoms with Gasteiger partial charge in [0.1, 0.15) is 17.3 Å². The fourth-order valence-electron chi connectivity index (χ4n) is 4.15. The van der Waals surface area contributed by atoms with Crippen LogP contribution >= 0.6 is 11.3 Å². The molecular formula is C24H23FN4OS. The van der Waals surface area contributed by atoms with E-state index in [9.17, 15) is 9.18 Å². The van der Waals surface area contributed by atoms with Crippen molar-refractivity contribution < 1.29 is 9.18 Å². The van der Waals surface area contributed by atoms with Gasteiger partial charge >= 0.3 is 0 Å². The zero-order valence-electron chi connectivity index (χ0n) is 17.1. The summed E-state index contributed by atoms with van der Waals surface area (Å²) in [4.78, 5) is 27.4. The lowest BCUT2D eigenvalue weighted by atomic mass is 9.93. The third-order valence-corrected chi connectivity index (χ3v) is 6.71. The number of para-hydroxylation sites is 2. The first kappa shape index (κ1) is 19.9. The zero-order chi connectivity index (χ0) is 21.2. The number of fused-ring (bicyclic) bond motifs is 1. The van der Waals surface area contributed by atoms with Crippen LogP contribution in [0.2, 0.25) is 0 Å². The summed E-state index contributed by atoms with van der Waals surface area (Å²) in [5, 5.41) is 2.71. The van der Waals surface area contributed by atoms with Gasteiger partial charge in [0.25, 0.3) is 5.91 Å². The molecule has 158 valence electrons. The van der Waals surface area contributed by atoms with E-state index in [-0.39, 0.29) is 11.7 Å².